The first-order valence-electron chi connectivity index (χ1n) is 6.51. The molecule has 0 spiro atoms. The molecule has 0 aliphatic rings. The number of unbranched alkanes of at least 4 members (excludes halogenated alkanes) is 1. The quantitative estimate of drug-likeness (QED) is 0.566. The molecule has 0 atom stereocenters. The molecular weight excluding hydrogens is 230 g/mol. The Morgan fingerprint density at radius 3 is 3.00 bits per heavy atom. The van der Waals surface area contributed by atoms with Crippen molar-refractivity contribution in [2.45, 2.75) is 52.7 Å². The van der Waals surface area contributed by atoms with Crippen molar-refractivity contribution in [3.63, 3.8) is 0 Å². The summed E-state index contributed by atoms with van der Waals surface area (Å²) in [7, 11) is 0. The molecule has 0 aliphatic heterocycles. The zero-order valence-corrected chi connectivity index (χ0v) is 11.5. The van der Waals surface area contributed by atoms with Crippen LogP contribution in [0.25, 0.3) is 0 Å². The molecule has 5 heteroatoms. The number of carbonyl (C=O) groups excluding carboxylic acids is 1. The van der Waals surface area contributed by atoms with E-state index in [0.29, 0.717) is 12.6 Å². The molecule has 1 aromatic rings. The lowest BCUT2D eigenvalue weighted by Gasteiger charge is -2.05. The second-order valence-corrected chi connectivity index (χ2v) is 4.65. The molecule has 1 rings (SSSR count). The van der Waals surface area contributed by atoms with Gasteiger partial charge in [0.2, 0.25) is 0 Å². The molecule has 5 nitrogen and oxygen atoms in total. The Morgan fingerprint density at radius 2 is 2.33 bits per heavy atom. The molecule has 0 fully saturated rings. The molecule has 0 bridgehead atoms. The number of rotatable bonds is 8. The second-order valence-electron chi connectivity index (χ2n) is 4.65. The van der Waals surface area contributed by atoms with Gasteiger partial charge in [0.1, 0.15) is 6.54 Å². The van der Waals surface area contributed by atoms with E-state index in [9.17, 15) is 4.79 Å². The van der Waals surface area contributed by atoms with Gasteiger partial charge < -0.3 is 14.6 Å². The molecule has 0 aromatic carbocycles. The van der Waals surface area contributed by atoms with Crippen molar-refractivity contribution in [3.8, 4) is 0 Å². The SMILES string of the molecule is CCCCOC(=O)Cn1cnc(CNC(C)C)c1. The van der Waals surface area contributed by atoms with E-state index in [4.69, 9.17) is 4.74 Å². The maximum absolute atomic E-state index is 11.5. The number of carbonyl (C=O) groups is 1. The van der Waals surface area contributed by atoms with Crippen molar-refractivity contribution in [2.24, 2.45) is 0 Å². The minimum atomic E-state index is -0.204. The van der Waals surface area contributed by atoms with Gasteiger partial charge in [0.15, 0.2) is 0 Å². The van der Waals surface area contributed by atoms with Crippen LogP contribution in [0.2, 0.25) is 0 Å². The van der Waals surface area contributed by atoms with Crippen molar-refractivity contribution < 1.29 is 9.53 Å². The van der Waals surface area contributed by atoms with Crippen molar-refractivity contribution >= 4 is 5.97 Å². The maximum atomic E-state index is 11.5. The number of aromatic nitrogens is 2. The molecule has 0 aliphatic carbocycles. The standard InChI is InChI=1S/C13H23N3O2/c1-4-5-6-18-13(17)9-16-8-12(15-10-16)7-14-11(2)3/h8,10-11,14H,4-7,9H2,1-3H3. The zero-order chi connectivity index (χ0) is 13.4. The average molecular weight is 253 g/mol. The summed E-state index contributed by atoms with van der Waals surface area (Å²) in [6.07, 6.45) is 5.48. The van der Waals surface area contributed by atoms with E-state index in [1.807, 2.05) is 6.20 Å². The number of hydrogen-bond acceptors (Lipinski definition) is 4. The lowest BCUT2D eigenvalue weighted by molar-refractivity contribution is -0.144. The van der Waals surface area contributed by atoms with Gasteiger partial charge in [-0.05, 0) is 6.42 Å². The van der Waals surface area contributed by atoms with Gasteiger partial charge in [0, 0.05) is 18.8 Å². The van der Waals surface area contributed by atoms with Gasteiger partial charge in [-0.25, -0.2) is 4.98 Å². The molecule has 0 saturated carbocycles. The summed E-state index contributed by atoms with van der Waals surface area (Å²) >= 11 is 0. The molecule has 1 heterocycles. The van der Waals surface area contributed by atoms with Crippen LogP contribution < -0.4 is 5.32 Å². The predicted octanol–water partition coefficient (Wildman–Crippen LogP) is 1.72. The lowest BCUT2D eigenvalue weighted by Crippen LogP contribution is -2.22. The molecule has 18 heavy (non-hydrogen) atoms. The molecule has 0 saturated heterocycles. The van der Waals surface area contributed by atoms with E-state index in [1.54, 1.807) is 10.9 Å². The summed E-state index contributed by atoms with van der Waals surface area (Å²) in [6, 6.07) is 0.425. The highest BCUT2D eigenvalue weighted by molar-refractivity contribution is 5.69. The van der Waals surface area contributed by atoms with Gasteiger partial charge in [-0.2, -0.15) is 0 Å². The Kier molecular flexibility index (Phi) is 6.43. The van der Waals surface area contributed by atoms with Crippen molar-refractivity contribution in [3.05, 3.63) is 18.2 Å². The highest BCUT2D eigenvalue weighted by atomic mass is 16.5. The third-order valence-corrected chi connectivity index (χ3v) is 2.45. The van der Waals surface area contributed by atoms with Crippen LogP contribution in [0.3, 0.4) is 0 Å². The largest absolute Gasteiger partial charge is 0.464 e. The van der Waals surface area contributed by atoms with E-state index in [1.165, 1.54) is 0 Å². The fourth-order valence-corrected chi connectivity index (χ4v) is 1.42. The predicted molar refractivity (Wildman–Crippen MR) is 70.1 cm³/mol. The summed E-state index contributed by atoms with van der Waals surface area (Å²) in [5.74, 6) is -0.204. The zero-order valence-electron chi connectivity index (χ0n) is 11.5. The Balaban J connectivity index is 2.32. The van der Waals surface area contributed by atoms with Gasteiger partial charge in [-0.3, -0.25) is 4.79 Å². The highest BCUT2D eigenvalue weighted by Crippen LogP contribution is 1.98. The number of hydrogen-bond donors (Lipinski definition) is 1. The molecule has 1 N–H and O–H groups in total. The first-order valence-corrected chi connectivity index (χ1v) is 6.51. The van der Waals surface area contributed by atoms with E-state index in [0.717, 1.165) is 25.1 Å². The molecular formula is C13H23N3O2. The Labute approximate surface area is 109 Å². The van der Waals surface area contributed by atoms with Crippen LogP contribution in [0, 0.1) is 0 Å². The summed E-state index contributed by atoms with van der Waals surface area (Å²) in [4.78, 5) is 15.7. The van der Waals surface area contributed by atoms with Crippen molar-refractivity contribution in [2.75, 3.05) is 6.61 Å². The average Bonchev–Trinajstić information content (AvgIpc) is 2.74. The van der Waals surface area contributed by atoms with Crippen LogP contribution in [0.5, 0.6) is 0 Å². The number of nitrogens with one attached hydrogen (secondary N) is 1. The topological polar surface area (TPSA) is 56.2 Å². The molecule has 1 aromatic heterocycles. The maximum Gasteiger partial charge on any atom is 0.325 e. The molecule has 0 radical (unpaired) electrons. The van der Waals surface area contributed by atoms with E-state index in [-0.39, 0.29) is 12.5 Å². The number of esters is 1. The minimum absolute atomic E-state index is 0.204. The van der Waals surface area contributed by atoms with E-state index < -0.39 is 0 Å². The second kappa shape index (κ2) is 7.87. The first kappa shape index (κ1) is 14.7. The Bertz CT molecular complexity index is 361. The van der Waals surface area contributed by atoms with Gasteiger partial charge in [0.25, 0.3) is 0 Å². The lowest BCUT2D eigenvalue weighted by atomic mass is 10.3. The van der Waals surface area contributed by atoms with Gasteiger partial charge in [-0.15, -0.1) is 0 Å². The third kappa shape index (κ3) is 5.82. The Hall–Kier alpha value is -1.36. The molecule has 0 unspecified atom stereocenters. The number of ether oxygens (including phenoxy) is 1. The normalized spacial score (nSPS) is 10.9. The monoisotopic (exact) mass is 253 g/mol. The van der Waals surface area contributed by atoms with Gasteiger partial charge in [0.05, 0.1) is 18.6 Å². The molecule has 0 amide bonds. The first-order chi connectivity index (χ1) is 8.61. The van der Waals surface area contributed by atoms with Crippen LogP contribution in [-0.4, -0.2) is 28.2 Å². The highest BCUT2D eigenvalue weighted by Gasteiger charge is 2.05. The van der Waals surface area contributed by atoms with Crippen LogP contribution in [0.15, 0.2) is 12.5 Å². The smallest absolute Gasteiger partial charge is 0.325 e. The fourth-order valence-electron chi connectivity index (χ4n) is 1.42. The van der Waals surface area contributed by atoms with E-state index in [2.05, 4.69) is 31.1 Å². The summed E-state index contributed by atoms with van der Waals surface area (Å²) in [5, 5.41) is 3.28. The van der Waals surface area contributed by atoms with Crippen LogP contribution in [0.1, 0.15) is 39.3 Å². The number of nitrogens with zero attached hydrogens (tertiary/aromatic N) is 2. The van der Waals surface area contributed by atoms with Gasteiger partial charge >= 0.3 is 5.97 Å². The van der Waals surface area contributed by atoms with E-state index >= 15 is 0 Å². The summed E-state index contributed by atoms with van der Waals surface area (Å²) < 4.78 is 6.85. The summed E-state index contributed by atoms with van der Waals surface area (Å²) in [6.45, 7) is 7.70. The van der Waals surface area contributed by atoms with Gasteiger partial charge in [-0.1, -0.05) is 27.2 Å². The minimum Gasteiger partial charge on any atom is -0.464 e. The van der Waals surface area contributed by atoms with Crippen molar-refractivity contribution in [1.82, 2.24) is 14.9 Å². The van der Waals surface area contributed by atoms with Crippen LogP contribution in [-0.2, 0) is 22.6 Å². The van der Waals surface area contributed by atoms with Crippen LogP contribution >= 0.6 is 0 Å². The molecule has 102 valence electrons. The Morgan fingerprint density at radius 1 is 1.56 bits per heavy atom. The third-order valence-electron chi connectivity index (χ3n) is 2.45. The van der Waals surface area contributed by atoms with Crippen LogP contribution in [0.4, 0.5) is 0 Å². The van der Waals surface area contributed by atoms with Crippen molar-refractivity contribution in [1.29, 1.82) is 0 Å². The summed E-state index contributed by atoms with van der Waals surface area (Å²) in [5.41, 5.74) is 0.935. The fraction of sp³-hybridized carbons (Fsp3) is 0.692. The number of imidazole rings is 1.